The molecule has 1 saturated heterocycles. The van der Waals surface area contributed by atoms with E-state index >= 15 is 0 Å². The van der Waals surface area contributed by atoms with E-state index in [1.807, 2.05) is 13.0 Å². The second kappa shape index (κ2) is 9.51. The Morgan fingerprint density at radius 1 is 1.20 bits per heavy atom. The van der Waals surface area contributed by atoms with Crippen LogP contribution in [-0.4, -0.2) is 69.2 Å². The van der Waals surface area contributed by atoms with Crippen molar-refractivity contribution in [1.29, 1.82) is 0 Å². The van der Waals surface area contributed by atoms with Gasteiger partial charge >= 0.3 is 11.8 Å². The third-order valence-corrected chi connectivity index (χ3v) is 5.10. The van der Waals surface area contributed by atoms with Crippen LogP contribution in [0.25, 0.3) is 0 Å². The molecule has 9 nitrogen and oxygen atoms in total. The van der Waals surface area contributed by atoms with Crippen molar-refractivity contribution in [1.82, 2.24) is 24.8 Å². The van der Waals surface area contributed by atoms with Gasteiger partial charge in [-0.3, -0.25) is 14.4 Å². The van der Waals surface area contributed by atoms with Crippen LogP contribution in [0.5, 0.6) is 0 Å². The lowest BCUT2D eigenvalue weighted by atomic mass is 10.0. The largest absolute Gasteiger partial charge is 0.337 e. The van der Waals surface area contributed by atoms with E-state index in [9.17, 15) is 14.4 Å². The van der Waals surface area contributed by atoms with Crippen molar-refractivity contribution < 1.29 is 18.9 Å². The predicted octanol–water partition coefficient (Wildman–Crippen LogP) is 1.55. The molecule has 3 rings (SSSR count). The molecule has 2 aromatic rings. The van der Waals surface area contributed by atoms with Crippen molar-refractivity contribution in [2.75, 3.05) is 26.7 Å². The summed E-state index contributed by atoms with van der Waals surface area (Å²) in [5, 5.41) is 3.74. The predicted molar refractivity (Wildman–Crippen MR) is 108 cm³/mol. The molecule has 1 aliphatic rings. The topological polar surface area (TPSA) is 99.8 Å². The summed E-state index contributed by atoms with van der Waals surface area (Å²) in [6, 6.07) is 8.13. The molecular formula is C21H27N5O4. The smallest absolute Gasteiger partial charge is 0.313 e. The van der Waals surface area contributed by atoms with Crippen molar-refractivity contribution in [3.8, 4) is 0 Å². The van der Waals surface area contributed by atoms with Gasteiger partial charge in [-0.05, 0) is 18.9 Å². The van der Waals surface area contributed by atoms with Crippen LogP contribution in [0.2, 0.25) is 0 Å². The van der Waals surface area contributed by atoms with Crippen LogP contribution in [0, 0.1) is 6.92 Å². The number of likely N-dealkylation sites (N-methyl/N-ethyl adjacent to an activating group) is 1. The van der Waals surface area contributed by atoms with Crippen LogP contribution in [0.15, 0.2) is 34.9 Å². The van der Waals surface area contributed by atoms with Gasteiger partial charge in [0.05, 0.1) is 6.54 Å². The standard InChI is InChI=1S/C21H27N5O4/c1-4-5-11-25-12-13-26(21(29)20(25)28)18(16-9-7-6-8-10-16)19(27)24(3)14-17-22-15(2)23-30-17/h6-10,18H,4-5,11-14H2,1-3H3/t18-/m1/s1. The zero-order valence-electron chi connectivity index (χ0n) is 17.6. The van der Waals surface area contributed by atoms with Crippen molar-refractivity contribution in [3.05, 3.63) is 47.6 Å². The molecule has 0 saturated carbocycles. The fraction of sp³-hybridized carbons (Fsp3) is 0.476. The fourth-order valence-electron chi connectivity index (χ4n) is 3.48. The first-order valence-corrected chi connectivity index (χ1v) is 10.1. The molecule has 2 heterocycles. The van der Waals surface area contributed by atoms with E-state index in [0.29, 0.717) is 36.9 Å². The summed E-state index contributed by atoms with van der Waals surface area (Å²) in [5.41, 5.74) is 0.652. The second-order valence-electron chi connectivity index (χ2n) is 7.39. The molecule has 0 radical (unpaired) electrons. The Labute approximate surface area is 175 Å². The number of piperazine rings is 1. The van der Waals surface area contributed by atoms with Crippen LogP contribution in [0.3, 0.4) is 0 Å². The van der Waals surface area contributed by atoms with Crippen molar-refractivity contribution >= 4 is 17.7 Å². The van der Waals surface area contributed by atoms with E-state index in [4.69, 9.17) is 4.52 Å². The molecule has 1 aromatic carbocycles. The number of carbonyl (C=O) groups is 3. The molecule has 0 unspecified atom stereocenters. The van der Waals surface area contributed by atoms with Gasteiger partial charge < -0.3 is 19.2 Å². The molecule has 1 fully saturated rings. The molecular weight excluding hydrogens is 386 g/mol. The summed E-state index contributed by atoms with van der Waals surface area (Å²) in [5.74, 6) is -0.739. The highest BCUT2D eigenvalue weighted by Gasteiger charge is 2.40. The average molecular weight is 413 g/mol. The van der Waals surface area contributed by atoms with Gasteiger partial charge in [0.25, 0.3) is 0 Å². The molecule has 3 amide bonds. The number of rotatable bonds is 8. The normalized spacial score (nSPS) is 15.4. The summed E-state index contributed by atoms with van der Waals surface area (Å²) in [7, 11) is 1.61. The average Bonchev–Trinajstić information content (AvgIpc) is 3.16. The molecule has 0 bridgehead atoms. The number of hydrogen-bond donors (Lipinski definition) is 0. The first-order valence-electron chi connectivity index (χ1n) is 10.1. The number of hydrogen-bond acceptors (Lipinski definition) is 6. The van der Waals surface area contributed by atoms with Crippen LogP contribution >= 0.6 is 0 Å². The number of aryl methyl sites for hydroxylation is 1. The minimum absolute atomic E-state index is 0.113. The minimum atomic E-state index is -0.898. The van der Waals surface area contributed by atoms with Crippen LogP contribution in [0.4, 0.5) is 0 Å². The Kier molecular flexibility index (Phi) is 6.81. The number of nitrogens with zero attached hydrogens (tertiary/aromatic N) is 5. The van der Waals surface area contributed by atoms with Gasteiger partial charge in [0, 0.05) is 26.7 Å². The summed E-state index contributed by atoms with van der Waals surface area (Å²) in [6.07, 6.45) is 1.78. The Morgan fingerprint density at radius 3 is 2.57 bits per heavy atom. The first kappa shape index (κ1) is 21.5. The fourth-order valence-corrected chi connectivity index (χ4v) is 3.48. The van der Waals surface area contributed by atoms with Crippen molar-refractivity contribution in [2.24, 2.45) is 0 Å². The number of carbonyl (C=O) groups excluding carboxylic acids is 3. The van der Waals surface area contributed by atoms with E-state index in [1.54, 1.807) is 43.1 Å². The highest BCUT2D eigenvalue weighted by Crippen LogP contribution is 2.26. The van der Waals surface area contributed by atoms with E-state index in [0.717, 1.165) is 12.8 Å². The molecule has 30 heavy (non-hydrogen) atoms. The summed E-state index contributed by atoms with van der Waals surface area (Å²) >= 11 is 0. The molecule has 0 aliphatic carbocycles. The Morgan fingerprint density at radius 2 is 1.93 bits per heavy atom. The summed E-state index contributed by atoms with van der Waals surface area (Å²) in [4.78, 5) is 47.5. The maximum Gasteiger partial charge on any atom is 0.313 e. The lowest BCUT2D eigenvalue weighted by Gasteiger charge is -2.39. The quantitative estimate of drug-likeness (QED) is 0.609. The van der Waals surface area contributed by atoms with Gasteiger partial charge in [-0.1, -0.05) is 48.8 Å². The van der Waals surface area contributed by atoms with Gasteiger partial charge in [-0.2, -0.15) is 4.98 Å². The van der Waals surface area contributed by atoms with E-state index < -0.39 is 17.9 Å². The lowest BCUT2D eigenvalue weighted by molar-refractivity contribution is -0.161. The van der Waals surface area contributed by atoms with Gasteiger partial charge in [0.15, 0.2) is 5.82 Å². The Balaban J connectivity index is 1.83. The number of amides is 3. The monoisotopic (exact) mass is 413 g/mol. The van der Waals surface area contributed by atoms with Gasteiger partial charge in [-0.15, -0.1) is 0 Å². The molecule has 0 spiro atoms. The lowest BCUT2D eigenvalue weighted by Crippen LogP contribution is -2.57. The summed E-state index contributed by atoms with van der Waals surface area (Å²) < 4.78 is 5.11. The van der Waals surface area contributed by atoms with E-state index in [2.05, 4.69) is 10.1 Å². The third kappa shape index (κ3) is 4.67. The highest BCUT2D eigenvalue weighted by atomic mass is 16.5. The molecule has 1 atom stereocenters. The van der Waals surface area contributed by atoms with Crippen LogP contribution in [0.1, 0.15) is 43.1 Å². The minimum Gasteiger partial charge on any atom is -0.337 e. The number of aromatic nitrogens is 2. The first-order chi connectivity index (χ1) is 14.4. The summed E-state index contributed by atoms with van der Waals surface area (Å²) in [6.45, 7) is 5.11. The van der Waals surface area contributed by atoms with Crippen molar-refractivity contribution in [2.45, 2.75) is 39.3 Å². The zero-order chi connectivity index (χ0) is 21.7. The van der Waals surface area contributed by atoms with E-state index in [-0.39, 0.29) is 12.5 Å². The molecule has 0 N–H and O–H groups in total. The Hall–Kier alpha value is -3.23. The molecule has 9 heteroatoms. The Bertz CT molecular complexity index is 898. The maximum atomic E-state index is 13.4. The maximum absolute atomic E-state index is 13.4. The van der Waals surface area contributed by atoms with Crippen molar-refractivity contribution in [3.63, 3.8) is 0 Å². The van der Waals surface area contributed by atoms with Crippen LogP contribution < -0.4 is 0 Å². The molecule has 160 valence electrons. The van der Waals surface area contributed by atoms with Crippen LogP contribution in [-0.2, 0) is 20.9 Å². The van der Waals surface area contributed by atoms with Gasteiger partial charge in [0.1, 0.15) is 6.04 Å². The van der Waals surface area contributed by atoms with Gasteiger partial charge in [0.2, 0.25) is 11.8 Å². The zero-order valence-corrected chi connectivity index (χ0v) is 17.6. The highest BCUT2D eigenvalue weighted by molar-refractivity contribution is 6.35. The second-order valence-corrected chi connectivity index (χ2v) is 7.39. The SMILES string of the molecule is CCCCN1CCN([C@@H](C(=O)N(C)Cc2nc(C)no2)c2ccccc2)C(=O)C1=O. The third-order valence-electron chi connectivity index (χ3n) is 5.10. The number of unbranched alkanes of at least 4 members (excludes halogenated alkanes) is 1. The van der Waals surface area contributed by atoms with E-state index in [1.165, 1.54) is 9.80 Å². The molecule has 1 aromatic heterocycles. The molecule has 1 aliphatic heterocycles. The van der Waals surface area contributed by atoms with Gasteiger partial charge in [-0.25, -0.2) is 0 Å². The number of benzene rings is 1.